The first-order valence-corrected chi connectivity index (χ1v) is 7.26. The van der Waals surface area contributed by atoms with Gasteiger partial charge in [-0.2, -0.15) is 0 Å². The Morgan fingerprint density at radius 2 is 2.00 bits per heavy atom. The molecular weight excluding hydrogens is 286 g/mol. The highest BCUT2D eigenvalue weighted by Gasteiger charge is 2.09. The van der Waals surface area contributed by atoms with E-state index in [4.69, 9.17) is 10.9 Å². The highest BCUT2D eigenvalue weighted by atomic mass is 32.2. The van der Waals surface area contributed by atoms with E-state index in [9.17, 15) is 0 Å². The number of fused-ring (bicyclic) bond motifs is 1. The molecule has 2 heterocycles. The van der Waals surface area contributed by atoms with Gasteiger partial charge in [-0.25, -0.2) is 0 Å². The molecule has 1 aromatic carbocycles. The van der Waals surface area contributed by atoms with Crippen molar-refractivity contribution < 1.29 is 5.21 Å². The van der Waals surface area contributed by atoms with Crippen molar-refractivity contribution in [2.75, 3.05) is 0 Å². The fraction of sp³-hybridized carbons (Fsp3) is 0.0714. The van der Waals surface area contributed by atoms with Gasteiger partial charge >= 0.3 is 0 Å². The lowest BCUT2D eigenvalue weighted by Crippen LogP contribution is -2.15. The number of nitrogens with zero attached hydrogens (tertiary/aromatic N) is 4. The smallest absolute Gasteiger partial charge is 0.195 e. The van der Waals surface area contributed by atoms with Crippen LogP contribution in [0, 0.1) is 0 Å². The molecule has 6 nitrogen and oxygen atoms in total. The van der Waals surface area contributed by atoms with Gasteiger partial charge in [0.25, 0.3) is 0 Å². The Labute approximate surface area is 125 Å². The summed E-state index contributed by atoms with van der Waals surface area (Å²) in [6.07, 6.45) is 1.92. The molecule has 0 amide bonds. The van der Waals surface area contributed by atoms with Crippen LogP contribution in [0.15, 0.2) is 59.0 Å². The minimum atomic E-state index is 0.109. The third kappa shape index (κ3) is 2.68. The number of hydrogen-bond donors (Lipinski definition) is 2. The molecule has 0 spiro atoms. The van der Waals surface area contributed by atoms with Crippen molar-refractivity contribution in [1.29, 1.82) is 0 Å². The van der Waals surface area contributed by atoms with Crippen molar-refractivity contribution in [3.63, 3.8) is 0 Å². The highest BCUT2D eigenvalue weighted by molar-refractivity contribution is 7.98. The van der Waals surface area contributed by atoms with Crippen LogP contribution in [0.5, 0.6) is 0 Å². The maximum atomic E-state index is 8.84. The molecular formula is C14H13N5OS. The average Bonchev–Trinajstić information content (AvgIpc) is 2.96. The van der Waals surface area contributed by atoms with Gasteiger partial charge in [0.1, 0.15) is 0 Å². The van der Waals surface area contributed by atoms with Gasteiger partial charge < -0.3 is 10.9 Å². The van der Waals surface area contributed by atoms with Crippen LogP contribution in [0.4, 0.5) is 0 Å². The number of oxime groups is 1. The first-order chi connectivity index (χ1) is 10.3. The lowest BCUT2D eigenvalue weighted by atomic mass is 10.1. The van der Waals surface area contributed by atoms with Gasteiger partial charge in [-0.3, -0.25) is 4.40 Å². The summed E-state index contributed by atoms with van der Waals surface area (Å²) in [7, 11) is 0. The van der Waals surface area contributed by atoms with E-state index in [2.05, 4.69) is 15.4 Å². The van der Waals surface area contributed by atoms with E-state index >= 15 is 0 Å². The van der Waals surface area contributed by atoms with Gasteiger partial charge in [-0.1, -0.05) is 47.2 Å². The van der Waals surface area contributed by atoms with Gasteiger partial charge in [-0.05, 0) is 17.7 Å². The zero-order valence-corrected chi connectivity index (χ0v) is 11.9. The average molecular weight is 299 g/mol. The van der Waals surface area contributed by atoms with Gasteiger partial charge in [0.2, 0.25) is 0 Å². The second-order valence-electron chi connectivity index (χ2n) is 4.34. The summed E-state index contributed by atoms with van der Waals surface area (Å²) in [4.78, 5) is 0. The third-order valence-electron chi connectivity index (χ3n) is 3.04. The van der Waals surface area contributed by atoms with E-state index in [0.717, 1.165) is 21.9 Å². The van der Waals surface area contributed by atoms with Crippen LogP contribution in [-0.2, 0) is 5.75 Å². The number of nitrogens with two attached hydrogens (primary N) is 1. The summed E-state index contributed by atoms with van der Waals surface area (Å²) in [6.45, 7) is 0. The second-order valence-corrected chi connectivity index (χ2v) is 5.28. The molecule has 0 radical (unpaired) electrons. The van der Waals surface area contributed by atoms with Crippen molar-refractivity contribution in [3.05, 3.63) is 59.8 Å². The number of rotatable bonds is 4. The fourth-order valence-corrected chi connectivity index (χ4v) is 2.94. The van der Waals surface area contributed by atoms with Gasteiger partial charge in [0.15, 0.2) is 16.6 Å². The molecule has 106 valence electrons. The molecule has 7 heteroatoms. The molecule has 0 aliphatic heterocycles. The summed E-state index contributed by atoms with van der Waals surface area (Å²) in [5, 5.41) is 21.0. The molecule has 0 saturated heterocycles. The molecule has 0 atom stereocenters. The Balaban J connectivity index is 1.85. The standard InChI is InChI=1S/C14H13N5OS/c15-13(18-20)11-6-2-1-5-10(11)9-21-14-17-16-12-7-3-4-8-19(12)14/h1-8,20H,9H2,(H2,15,18). The second kappa shape index (κ2) is 5.84. The first kappa shape index (κ1) is 13.4. The number of hydrogen-bond acceptors (Lipinski definition) is 5. The van der Waals surface area contributed by atoms with Crippen LogP contribution in [0.2, 0.25) is 0 Å². The minimum Gasteiger partial charge on any atom is -0.409 e. The van der Waals surface area contributed by atoms with E-state index < -0.39 is 0 Å². The molecule has 3 rings (SSSR count). The summed E-state index contributed by atoms with van der Waals surface area (Å²) in [5.41, 5.74) is 8.20. The van der Waals surface area contributed by atoms with Crippen LogP contribution < -0.4 is 5.73 Å². The summed E-state index contributed by atoms with van der Waals surface area (Å²) in [6, 6.07) is 13.3. The van der Waals surface area contributed by atoms with Gasteiger partial charge in [-0.15, -0.1) is 10.2 Å². The number of pyridine rings is 1. The Hall–Kier alpha value is -2.54. The molecule has 0 fully saturated rings. The molecule has 2 aromatic heterocycles. The number of benzene rings is 1. The Kier molecular flexibility index (Phi) is 3.74. The molecule has 0 saturated carbocycles. The topological polar surface area (TPSA) is 88.8 Å². The Bertz CT molecular complexity index is 799. The largest absolute Gasteiger partial charge is 0.409 e. The minimum absolute atomic E-state index is 0.109. The maximum Gasteiger partial charge on any atom is 0.195 e. The summed E-state index contributed by atoms with van der Waals surface area (Å²) >= 11 is 1.55. The lowest BCUT2D eigenvalue weighted by molar-refractivity contribution is 0.318. The van der Waals surface area contributed by atoms with Crippen molar-refractivity contribution in [1.82, 2.24) is 14.6 Å². The summed E-state index contributed by atoms with van der Waals surface area (Å²) < 4.78 is 1.93. The van der Waals surface area contributed by atoms with Crippen LogP contribution in [-0.4, -0.2) is 25.6 Å². The predicted molar refractivity (Wildman–Crippen MR) is 81.5 cm³/mol. The number of aromatic nitrogens is 3. The van der Waals surface area contributed by atoms with Gasteiger partial charge in [0, 0.05) is 17.5 Å². The predicted octanol–water partition coefficient (Wildman–Crippen LogP) is 2.12. The van der Waals surface area contributed by atoms with Crippen molar-refractivity contribution in [2.24, 2.45) is 10.9 Å². The molecule has 0 aliphatic carbocycles. The molecule has 21 heavy (non-hydrogen) atoms. The third-order valence-corrected chi connectivity index (χ3v) is 4.03. The van der Waals surface area contributed by atoms with Crippen molar-refractivity contribution in [3.8, 4) is 0 Å². The normalized spacial score (nSPS) is 11.9. The maximum absolute atomic E-state index is 8.84. The number of thioether (sulfide) groups is 1. The van der Waals surface area contributed by atoms with E-state index in [-0.39, 0.29) is 5.84 Å². The van der Waals surface area contributed by atoms with E-state index in [0.29, 0.717) is 5.75 Å². The van der Waals surface area contributed by atoms with Crippen molar-refractivity contribution >= 4 is 23.2 Å². The number of amidine groups is 1. The Morgan fingerprint density at radius 3 is 2.86 bits per heavy atom. The molecule has 0 aliphatic rings. The lowest BCUT2D eigenvalue weighted by Gasteiger charge is -2.07. The van der Waals surface area contributed by atoms with Crippen LogP contribution >= 0.6 is 11.8 Å². The molecule has 0 unspecified atom stereocenters. The van der Waals surface area contributed by atoms with Gasteiger partial charge in [0.05, 0.1) is 0 Å². The highest BCUT2D eigenvalue weighted by Crippen LogP contribution is 2.23. The monoisotopic (exact) mass is 299 g/mol. The van der Waals surface area contributed by atoms with E-state index in [1.807, 2.05) is 53.1 Å². The molecule has 3 aromatic rings. The molecule has 0 bridgehead atoms. The Morgan fingerprint density at radius 1 is 1.19 bits per heavy atom. The van der Waals surface area contributed by atoms with Crippen LogP contribution in [0.1, 0.15) is 11.1 Å². The zero-order chi connectivity index (χ0) is 14.7. The fourth-order valence-electron chi connectivity index (χ4n) is 2.01. The summed E-state index contributed by atoms with van der Waals surface area (Å²) in [5.74, 6) is 0.763. The van der Waals surface area contributed by atoms with E-state index in [1.54, 1.807) is 11.8 Å². The molecule has 3 N–H and O–H groups in total. The first-order valence-electron chi connectivity index (χ1n) is 6.28. The zero-order valence-electron chi connectivity index (χ0n) is 11.0. The van der Waals surface area contributed by atoms with Crippen LogP contribution in [0.25, 0.3) is 5.65 Å². The quantitative estimate of drug-likeness (QED) is 0.253. The van der Waals surface area contributed by atoms with E-state index in [1.165, 1.54) is 0 Å². The van der Waals surface area contributed by atoms with Crippen LogP contribution in [0.3, 0.4) is 0 Å². The SMILES string of the molecule is NC(=NO)c1ccccc1CSc1nnc2ccccn12. The van der Waals surface area contributed by atoms with Crippen molar-refractivity contribution in [2.45, 2.75) is 10.9 Å².